The quantitative estimate of drug-likeness (QED) is 0.321. The molecule has 2 N–H and O–H groups in total. The van der Waals surface area contributed by atoms with Gasteiger partial charge in [0.05, 0.1) is 19.3 Å². The van der Waals surface area contributed by atoms with Crippen molar-refractivity contribution >= 4 is 29.4 Å². The molecule has 0 atom stereocenters. The summed E-state index contributed by atoms with van der Waals surface area (Å²) in [7, 11) is 1.67. The SMILES string of the molecule is COc1cccc(CSc2nnc(CNC(=O)NC34CC5CC(CC(C5)C3)C4)n2-c2cc(Cl)ccc2C)c1. The van der Waals surface area contributed by atoms with Crippen LogP contribution in [0.4, 0.5) is 4.79 Å². The Bertz CT molecular complexity index is 1310. The van der Waals surface area contributed by atoms with Crippen LogP contribution >= 0.6 is 23.4 Å². The minimum Gasteiger partial charge on any atom is -0.497 e. The second-order valence-corrected chi connectivity index (χ2v) is 12.7. The van der Waals surface area contributed by atoms with E-state index in [0.29, 0.717) is 16.6 Å². The topological polar surface area (TPSA) is 81.1 Å². The monoisotopic (exact) mass is 551 g/mol. The van der Waals surface area contributed by atoms with Crippen LogP contribution in [0.3, 0.4) is 0 Å². The van der Waals surface area contributed by atoms with Crippen LogP contribution in [-0.4, -0.2) is 33.4 Å². The molecule has 0 radical (unpaired) electrons. The number of urea groups is 1. The molecule has 1 aromatic heterocycles. The lowest BCUT2D eigenvalue weighted by molar-refractivity contribution is -0.0135. The Kier molecular flexibility index (Phi) is 7.03. The molecule has 7 nitrogen and oxygen atoms in total. The fourth-order valence-electron chi connectivity index (χ4n) is 7.19. The lowest BCUT2D eigenvalue weighted by Gasteiger charge is -2.56. The molecule has 200 valence electrons. The largest absolute Gasteiger partial charge is 0.497 e. The number of carbonyl (C=O) groups is 1. The molecular formula is C29H34ClN5O2S. The fraction of sp³-hybridized carbons (Fsp3) is 0.483. The molecule has 0 unspecified atom stereocenters. The summed E-state index contributed by atoms with van der Waals surface area (Å²) in [5.74, 6) is 4.53. The number of ether oxygens (including phenoxy) is 1. The van der Waals surface area contributed by atoms with Crippen LogP contribution in [0.2, 0.25) is 5.02 Å². The highest BCUT2D eigenvalue weighted by molar-refractivity contribution is 7.98. The zero-order valence-corrected chi connectivity index (χ0v) is 23.4. The van der Waals surface area contributed by atoms with Crippen LogP contribution in [0.25, 0.3) is 5.69 Å². The maximum Gasteiger partial charge on any atom is 0.315 e. The van der Waals surface area contributed by atoms with E-state index in [4.69, 9.17) is 16.3 Å². The Balaban J connectivity index is 1.20. The van der Waals surface area contributed by atoms with Crippen molar-refractivity contribution in [2.45, 2.75) is 68.4 Å². The number of methoxy groups -OCH3 is 1. The van der Waals surface area contributed by atoms with Gasteiger partial charge in [-0.2, -0.15) is 0 Å². The third-order valence-electron chi connectivity index (χ3n) is 8.44. The van der Waals surface area contributed by atoms with Crippen molar-refractivity contribution in [2.75, 3.05) is 7.11 Å². The normalized spacial score (nSPS) is 25.4. The smallest absolute Gasteiger partial charge is 0.315 e. The van der Waals surface area contributed by atoms with Gasteiger partial charge in [0.15, 0.2) is 11.0 Å². The number of nitrogens with zero attached hydrogens (tertiary/aromatic N) is 3. The van der Waals surface area contributed by atoms with Crippen molar-refractivity contribution in [3.05, 3.63) is 64.4 Å². The molecule has 4 bridgehead atoms. The number of aryl methyl sites for hydroxylation is 1. The van der Waals surface area contributed by atoms with Crippen LogP contribution in [0.5, 0.6) is 5.75 Å². The molecule has 4 aliphatic carbocycles. The summed E-state index contributed by atoms with van der Waals surface area (Å²) in [5, 5.41) is 16.9. The van der Waals surface area contributed by atoms with Crippen LogP contribution in [-0.2, 0) is 12.3 Å². The van der Waals surface area contributed by atoms with E-state index in [0.717, 1.165) is 64.7 Å². The third kappa shape index (κ3) is 5.25. The average Bonchev–Trinajstić information content (AvgIpc) is 3.29. The second kappa shape index (κ2) is 10.5. The van der Waals surface area contributed by atoms with E-state index < -0.39 is 0 Å². The first-order valence-corrected chi connectivity index (χ1v) is 14.8. The summed E-state index contributed by atoms with van der Waals surface area (Å²) in [6.45, 7) is 2.32. The van der Waals surface area contributed by atoms with Crippen molar-refractivity contribution in [1.29, 1.82) is 0 Å². The molecule has 38 heavy (non-hydrogen) atoms. The first-order valence-electron chi connectivity index (χ1n) is 13.4. The number of thioether (sulfide) groups is 1. The average molecular weight is 552 g/mol. The van der Waals surface area contributed by atoms with Crippen molar-refractivity contribution in [3.63, 3.8) is 0 Å². The molecule has 4 aliphatic rings. The third-order valence-corrected chi connectivity index (χ3v) is 9.67. The number of carbonyl (C=O) groups excluding carboxylic acids is 1. The van der Waals surface area contributed by atoms with Gasteiger partial charge in [0.25, 0.3) is 0 Å². The first kappa shape index (κ1) is 25.6. The van der Waals surface area contributed by atoms with Gasteiger partial charge in [0.2, 0.25) is 0 Å². The molecule has 3 aromatic rings. The molecule has 1 heterocycles. The summed E-state index contributed by atoms with van der Waals surface area (Å²) in [6, 6.07) is 13.7. The molecule has 0 spiro atoms. The van der Waals surface area contributed by atoms with Gasteiger partial charge in [0.1, 0.15) is 5.75 Å². The number of nitrogens with one attached hydrogen (secondary N) is 2. The second-order valence-electron chi connectivity index (χ2n) is 11.3. The van der Waals surface area contributed by atoms with Gasteiger partial charge >= 0.3 is 6.03 Å². The number of aromatic nitrogens is 3. The minimum atomic E-state index is -0.116. The molecule has 9 heteroatoms. The van der Waals surface area contributed by atoms with Crippen LogP contribution < -0.4 is 15.4 Å². The zero-order valence-electron chi connectivity index (χ0n) is 21.9. The lowest BCUT2D eigenvalue weighted by Crippen LogP contribution is -2.61. The maximum absolute atomic E-state index is 13.1. The highest BCUT2D eigenvalue weighted by atomic mass is 35.5. The van der Waals surface area contributed by atoms with Gasteiger partial charge in [-0.25, -0.2) is 4.79 Å². The van der Waals surface area contributed by atoms with Crippen molar-refractivity contribution < 1.29 is 9.53 Å². The maximum atomic E-state index is 13.1. The molecular weight excluding hydrogens is 518 g/mol. The summed E-state index contributed by atoms with van der Waals surface area (Å²) >= 11 is 7.98. The molecule has 4 saturated carbocycles. The van der Waals surface area contributed by atoms with Crippen LogP contribution in [0.15, 0.2) is 47.6 Å². The number of hydrogen-bond donors (Lipinski definition) is 2. The molecule has 4 fully saturated rings. The standard InChI is InChI=1S/C29H34ClN5O2S/c1-18-6-7-23(30)12-25(18)35-26(33-34-28(35)38-17-19-4-3-5-24(11-19)37-2)16-31-27(36)32-29-13-20-8-21(14-29)10-22(9-20)15-29/h3-7,11-12,20-22H,8-10,13-17H2,1-2H3,(H2,31,32,36). The van der Waals surface area contributed by atoms with Crippen molar-refractivity contribution in [3.8, 4) is 11.4 Å². The first-order chi connectivity index (χ1) is 18.4. The molecule has 7 rings (SSSR count). The van der Waals surface area contributed by atoms with Gasteiger partial charge < -0.3 is 15.4 Å². The van der Waals surface area contributed by atoms with E-state index in [1.165, 1.54) is 19.3 Å². The highest BCUT2D eigenvalue weighted by Crippen LogP contribution is 2.55. The van der Waals surface area contributed by atoms with E-state index in [2.05, 4.69) is 26.9 Å². The van der Waals surface area contributed by atoms with E-state index >= 15 is 0 Å². The zero-order chi connectivity index (χ0) is 26.3. The summed E-state index contributed by atoms with van der Waals surface area (Å²) < 4.78 is 7.38. The number of hydrogen-bond acceptors (Lipinski definition) is 5. The Morgan fingerprint density at radius 3 is 2.55 bits per heavy atom. The number of rotatable bonds is 8. The van der Waals surface area contributed by atoms with Gasteiger partial charge in [0, 0.05) is 16.3 Å². The van der Waals surface area contributed by atoms with Gasteiger partial charge in [-0.05, 0) is 98.6 Å². The van der Waals surface area contributed by atoms with Crippen molar-refractivity contribution in [2.24, 2.45) is 17.8 Å². The summed E-state index contributed by atoms with van der Waals surface area (Å²) in [6.07, 6.45) is 7.41. The van der Waals surface area contributed by atoms with Gasteiger partial charge in [-0.1, -0.05) is 41.6 Å². The van der Waals surface area contributed by atoms with Gasteiger partial charge in [-0.15, -0.1) is 10.2 Å². The van der Waals surface area contributed by atoms with E-state index in [-0.39, 0.29) is 18.1 Å². The molecule has 0 aliphatic heterocycles. The van der Waals surface area contributed by atoms with Gasteiger partial charge in [-0.3, -0.25) is 4.57 Å². The summed E-state index contributed by atoms with van der Waals surface area (Å²) in [4.78, 5) is 13.1. The number of halogens is 1. The number of amides is 2. The fourth-order valence-corrected chi connectivity index (χ4v) is 8.26. The van der Waals surface area contributed by atoms with E-state index in [1.54, 1.807) is 18.9 Å². The molecule has 2 aromatic carbocycles. The number of benzene rings is 2. The van der Waals surface area contributed by atoms with E-state index in [1.807, 2.05) is 47.9 Å². The van der Waals surface area contributed by atoms with Crippen LogP contribution in [0.1, 0.15) is 55.5 Å². The highest BCUT2D eigenvalue weighted by Gasteiger charge is 2.51. The lowest BCUT2D eigenvalue weighted by atomic mass is 9.53. The molecule has 2 amide bonds. The van der Waals surface area contributed by atoms with Crippen LogP contribution in [0, 0.1) is 24.7 Å². The Morgan fingerprint density at radius 1 is 1.11 bits per heavy atom. The Labute approximate surface area is 233 Å². The predicted octanol–water partition coefficient (Wildman–Crippen LogP) is 6.30. The van der Waals surface area contributed by atoms with Crippen molar-refractivity contribution in [1.82, 2.24) is 25.4 Å². The summed E-state index contributed by atoms with van der Waals surface area (Å²) in [5.41, 5.74) is 3.06. The Morgan fingerprint density at radius 2 is 1.84 bits per heavy atom. The Hall–Kier alpha value is -2.71. The predicted molar refractivity (Wildman–Crippen MR) is 150 cm³/mol. The molecule has 0 saturated heterocycles. The minimum absolute atomic E-state index is 0.0339. The van der Waals surface area contributed by atoms with E-state index in [9.17, 15) is 4.79 Å².